The first-order chi connectivity index (χ1) is 12.1. The molecule has 8 nitrogen and oxygen atoms in total. The van der Waals surface area contributed by atoms with Crippen LogP contribution in [0, 0.1) is 6.92 Å². The van der Waals surface area contributed by atoms with Crippen molar-refractivity contribution in [3.05, 3.63) is 56.2 Å². The maximum atomic E-state index is 11.6. The Morgan fingerprint density at radius 3 is 2.80 bits per heavy atom. The second-order valence-corrected chi connectivity index (χ2v) is 6.04. The van der Waals surface area contributed by atoms with Crippen LogP contribution in [0.3, 0.4) is 0 Å². The van der Waals surface area contributed by atoms with Crippen molar-refractivity contribution in [2.75, 3.05) is 11.4 Å². The van der Waals surface area contributed by atoms with E-state index in [0.717, 1.165) is 18.7 Å². The number of nitrogens with zero attached hydrogens (tertiary/aromatic N) is 4. The zero-order valence-electron chi connectivity index (χ0n) is 14.0. The lowest BCUT2D eigenvalue weighted by molar-refractivity contribution is 0.747. The summed E-state index contributed by atoms with van der Waals surface area (Å²) in [6, 6.07) is 7.55. The number of aryl methyl sites for hydroxylation is 1. The molecule has 0 radical (unpaired) electrons. The van der Waals surface area contributed by atoms with Crippen LogP contribution in [-0.2, 0) is 13.0 Å². The fraction of sp³-hybridized carbons (Fsp3) is 0.294. The molecule has 0 amide bonds. The molecular weight excluding hydrogens is 320 g/mol. The van der Waals surface area contributed by atoms with Crippen molar-refractivity contribution in [2.24, 2.45) is 0 Å². The fourth-order valence-electron chi connectivity index (χ4n) is 3.39. The van der Waals surface area contributed by atoms with E-state index in [0.29, 0.717) is 24.0 Å². The minimum absolute atomic E-state index is 0.359. The molecule has 3 heterocycles. The molecule has 0 saturated heterocycles. The number of anilines is 2. The smallest absolute Gasteiger partial charge is 0.310 e. The summed E-state index contributed by atoms with van der Waals surface area (Å²) in [5.41, 5.74) is 3.05. The van der Waals surface area contributed by atoms with Crippen molar-refractivity contribution < 1.29 is 0 Å². The first-order valence-corrected chi connectivity index (χ1v) is 8.21. The Kier molecular flexibility index (Phi) is 3.52. The van der Waals surface area contributed by atoms with Crippen LogP contribution in [0.5, 0.6) is 0 Å². The van der Waals surface area contributed by atoms with Gasteiger partial charge in [-0.25, -0.2) is 4.79 Å². The van der Waals surface area contributed by atoms with Crippen LogP contribution < -0.4 is 16.1 Å². The monoisotopic (exact) mass is 338 g/mol. The number of aromatic nitrogens is 5. The quantitative estimate of drug-likeness (QED) is 0.751. The van der Waals surface area contributed by atoms with Crippen LogP contribution in [0.1, 0.15) is 18.1 Å². The SMILES string of the molecule is CCn1c(-c2cc(=O)[nH]c(=O)[nH]2)nnc1N1CCc2c(C)cccc21. The number of benzene rings is 1. The van der Waals surface area contributed by atoms with Gasteiger partial charge in [-0.3, -0.25) is 14.3 Å². The molecule has 2 N–H and O–H groups in total. The molecule has 0 fully saturated rings. The van der Waals surface area contributed by atoms with Gasteiger partial charge in [0.05, 0.1) is 5.69 Å². The summed E-state index contributed by atoms with van der Waals surface area (Å²) < 4.78 is 1.90. The van der Waals surface area contributed by atoms with E-state index in [1.54, 1.807) is 0 Å². The van der Waals surface area contributed by atoms with Gasteiger partial charge in [-0.15, -0.1) is 10.2 Å². The zero-order valence-corrected chi connectivity index (χ0v) is 14.0. The van der Waals surface area contributed by atoms with Gasteiger partial charge in [0.25, 0.3) is 5.56 Å². The van der Waals surface area contributed by atoms with Gasteiger partial charge >= 0.3 is 5.69 Å². The van der Waals surface area contributed by atoms with Gasteiger partial charge < -0.3 is 9.88 Å². The summed E-state index contributed by atoms with van der Waals surface area (Å²) in [5.74, 6) is 1.18. The van der Waals surface area contributed by atoms with E-state index in [1.807, 2.05) is 17.6 Å². The lowest BCUT2D eigenvalue weighted by Crippen LogP contribution is -2.23. The van der Waals surface area contributed by atoms with Crippen molar-refractivity contribution in [3.63, 3.8) is 0 Å². The molecule has 1 aliphatic heterocycles. The minimum Gasteiger partial charge on any atom is -0.310 e. The zero-order chi connectivity index (χ0) is 17.6. The van der Waals surface area contributed by atoms with Gasteiger partial charge in [-0.2, -0.15) is 0 Å². The topological polar surface area (TPSA) is 99.7 Å². The van der Waals surface area contributed by atoms with E-state index in [9.17, 15) is 9.59 Å². The average Bonchev–Trinajstić information content (AvgIpc) is 3.17. The Bertz CT molecular complexity index is 1030. The predicted octanol–water partition coefficient (Wildman–Crippen LogP) is 1.34. The Balaban J connectivity index is 1.84. The normalized spacial score (nSPS) is 13.3. The van der Waals surface area contributed by atoms with Crippen molar-refractivity contribution in [1.29, 1.82) is 0 Å². The molecule has 8 heteroatoms. The van der Waals surface area contributed by atoms with Crippen LogP contribution in [0.2, 0.25) is 0 Å². The Morgan fingerprint density at radius 2 is 2.04 bits per heavy atom. The maximum Gasteiger partial charge on any atom is 0.326 e. The molecule has 128 valence electrons. The third-order valence-electron chi connectivity index (χ3n) is 4.55. The number of H-pyrrole nitrogens is 2. The van der Waals surface area contributed by atoms with Crippen LogP contribution in [0.15, 0.2) is 33.9 Å². The Labute approximate surface area is 143 Å². The molecule has 0 atom stereocenters. The summed E-state index contributed by atoms with van der Waals surface area (Å²) in [7, 11) is 0. The number of hydrogen-bond donors (Lipinski definition) is 2. The minimum atomic E-state index is -0.558. The Morgan fingerprint density at radius 1 is 1.20 bits per heavy atom. The molecule has 25 heavy (non-hydrogen) atoms. The molecule has 0 saturated carbocycles. The number of hydrogen-bond acceptors (Lipinski definition) is 5. The van der Waals surface area contributed by atoms with E-state index >= 15 is 0 Å². The van der Waals surface area contributed by atoms with Gasteiger partial charge in [-0.1, -0.05) is 12.1 Å². The molecule has 2 aromatic heterocycles. The predicted molar refractivity (Wildman–Crippen MR) is 94.3 cm³/mol. The van der Waals surface area contributed by atoms with E-state index in [-0.39, 0.29) is 0 Å². The molecule has 0 aliphatic carbocycles. The summed E-state index contributed by atoms with van der Waals surface area (Å²) in [6.07, 6.45) is 0.954. The van der Waals surface area contributed by atoms with Gasteiger partial charge in [0.2, 0.25) is 5.95 Å². The highest BCUT2D eigenvalue weighted by atomic mass is 16.2. The number of nitrogens with one attached hydrogen (secondary N) is 2. The Hall–Kier alpha value is -3.16. The highest BCUT2D eigenvalue weighted by Gasteiger charge is 2.27. The second kappa shape index (κ2) is 5.73. The van der Waals surface area contributed by atoms with Crippen molar-refractivity contribution in [2.45, 2.75) is 26.8 Å². The van der Waals surface area contributed by atoms with Crippen LogP contribution >= 0.6 is 0 Å². The summed E-state index contributed by atoms with van der Waals surface area (Å²) in [5, 5.41) is 8.57. The largest absolute Gasteiger partial charge is 0.326 e. The van der Waals surface area contributed by atoms with Crippen LogP contribution in [0.4, 0.5) is 11.6 Å². The van der Waals surface area contributed by atoms with Crippen LogP contribution in [0.25, 0.3) is 11.5 Å². The third kappa shape index (κ3) is 2.46. The second-order valence-electron chi connectivity index (χ2n) is 6.04. The van der Waals surface area contributed by atoms with E-state index < -0.39 is 11.2 Å². The van der Waals surface area contributed by atoms with Gasteiger partial charge in [0, 0.05) is 24.8 Å². The molecule has 0 spiro atoms. The third-order valence-corrected chi connectivity index (χ3v) is 4.55. The molecule has 3 aromatic rings. The van der Waals surface area contributed by atoms with Crippen molar-refractivity contribution in [3.8, 4) is 11.5 Å². The van der Waals surface area contributed by atoms with Gasteiger partial charge in [-0.05, 0) is 37.5 Å². The van der Waals surface area contributed by atoms with Gasteiger partial charge in [0.15, 0.2) is 5.82 Å². The number of fused-ring (bicyclic) bond motifs is 1. The molecular formula is C17H18N6O2. The number of aromatic amines is 2. The van der Waals surface area contributed by atoms with Gasteiger partial charge in [0.1, 0.15) is 0 Å². The lowest BCUT2D eigenvalue weighted by atomic mass is 10.1. The molecule has 4 rings (SSSR count). The number of rotatable bonds is 3. The lowest BCUT2D eigenvalue weighted by Gasteiger charge is -2.19. The first-order valence-electron chi connectivity index (χ1n) is 8.21. The molecule has 0 bridgehead atoms. The summed E-state index contributed by atoms with van der Waals surface area (Å²) in [6.45, 7) is 5.53. The van der Waals surface area contributed by atoms with E-state index in [2.05, 4.69) is 44.1 Å². The first kappa shape index (κ1) is 15.4. The highest BCUT2D eigenvalue weighted by Crippen LogP contribution is 2.36. The highest BCUT2D eigenvalue weighted by molar-refractivity contribution is 5.68. The van der Waals surface area contributed by atoms with Crippen molar-refractivity contribution >= 4 is 11.6 Å². The molecule has 0 unspecified atom stereocenters. The van der Waals surface area contributed by atoms with E-state index in [1.165, 1.54) is 17.2 Å². The van der Waals surface area contributed by atoms with Crippen LogP contribution in [-0.4, -0.2) is 31.3 Å². The standard InChI is InChI=1S/C17H18N6O2/c1-3-22-15(12-9-14(24)19-16(25)18-12)20-21-17(22)23-8-7-11-10(2)5-4-6-13(11)23/h4-6,9H,3,7-8H2,1-2H3,(H2,18,19,24,25). The van der Waals surface area contributed by atoms with Crippen molar-refractivity contribution in [1.82, 2.24) is 24.7 Å². The average molecular weight is 338 g/mol. The molecule has 1 aliphatic rings. The fourth-order valence-corrected chi connectivity index (χ4v) is 3.39. The summed E-state index contributed by atoms with van der Waals surface area (Å²) in [4.78, 5) is 30.1. The van der Waals surface area contributed by atoms with E-state index in [4.69, 9.17) is 0 Å². The molecule has 1 aromatic carbocycles. The maximum absolute atomic E-state index is 11.6. The summed E-state index contributed by atoms with van der Waals surface area (Å²) >= 11 is 0.